The molecule has 0 saturated heterocycles. The van der Waals surface area contributed by atoms with Gasteiger partial charge in [0.1, 0.15) is 0 Å². The van der Waals surface area contributed by atoms with Crippen LogP contribution in [0.25, 0.3) is 0 Å². The average Bonchev–Trinajstić information content (AvgIpc) is 2.49. The molecule has 2 N–H and O–H groups in total. The minimum atomic E-state index is -0.257. The van der Waals surface area contributed by atoms with Crippen LogP contribution in [0.3, 0.4) is 0 Å². The molecule has 0 saturated carbocycles. The molecule has 0 bridgehead atoms. The molecule has 1 aliphatic carbocycles. The summed E-state index contributed by atoms with van der Waals surface area (Å²) >= 11 is 1.74. The molecule has 0 amide bonds. The Kier molecular flexibility index (Phi) is 2.67. The summed E-state index contributed by atoms with van der Waals surface area (Å²) in [5.41, 5.74) is 1.11. The van der Waals surface area contributed by atoms with Crippen LogP contribution < -0.4 is 0 Å². The fraction of sp³-hybridized carbons (Fsp3) is 0.600. The Morgan fingerprint density at radius 1 is 1.54 bits per heavy atom. The van der Waals surface area contributed by atoms with Crippen molar-refractivity contribution in [2.75, 3.05) is 6.61 Å². The van der Waals surface area contributed by atoms with Crippen LogP contribution in [0.5, 0.6) is 0 Å². The highest BCUT2D eigenvalue weighted by Gasteiger charge is 2.20. The van der Waals surface area contributed by atoms with Gasteiger partial charge >= 0.3 is 0 Å². The number of hydrogen-bond acceptors (Lipinski definition) is 3. The van der Waals surface area contributed by atoms with Crippen LogP contribution in [-0.2, 0) is 12.8 Å². The van der Waals surface area contributed by atoms with Crippen LogP contribution in [0.2, 0.25) is 0 Å². The fourth-order valence-electron chi connectivity index (χ4n) is 1.82. The molecule has 13 heavy (non-hydrogen) atoms. The predicted molar refractivity (Wildman–Crippen MR) is 53.0 cm³/mol. The molecule has 2 rings (SSSR count). The van der Waals surface area contributed by atoms with E-state index < -0.39 is 0 Å². The minimum absolute atomic E-state index is 0.204. The maximum Gasteiger partial charge on any atom is 0.0801 e. The molecule has 1 aromatic heterocycles. The van der Waals surface area contributed by atoms with E-state index in [1.54, 1.807) is 11.3 Å². The molecule has 0 aliphatic heterocycles. The quantitative estimate of drug-likeness (QED) is 0.758. The van der Waals surface area contributed by atoms with Crippen LogP contribution in [0.4, 0.5) is 0 Å². The molecule has 2 nitrogen and oxygen atoms in total. The van der Waals surface area contributed by atoms with E-state index in [4.69, 9.17) is 5.11 Å². The lowest BCUT2D eigenvalue weighted by Crippen LogP contribution is -2.05. The summed E-state index contributed by atoms with van der Waals surface area (Å²) in [5.74, 6) is 0. The highest BCUT2D eigenvalue weighted by Crippen LogP contribution is 2.35. The van der Waals surface area contributed by atoms with Gasteiger partial charge in [-0.15, -0.1) is 11.3 Å². The molecule has 1 aromatic rings. The van der Waals surface area contributed by atoms with Crippen LogP contribution in [0, 0.1) is 0 Å². The van der Waals surface area contributed by atoms with Crippen molar-refractivity contribution in [3.8, 4) is 0 Å². The van der Waals surface area contributed by atoms with Gasteiger partial charge in [-0.25, -0.2) is 0 Å². The highest BCUT2D eigenvalue weighted by molar-refractivity contribution is 7.12. The van der Waals surface area contributed by atoms with Crippen LogP contribution in [0.1, 0.15) is 34.3 Å². The summed E-state index contributed by atoms with van der Waals surface area (Å²) in [6, 6.07) is 2.06. The van der Waals surface area contributed by atoms with Crippen molar-refractivity contribution in [3.05, 3.63) is 21.4 Å². The SMILES string of the molecule is OCCc1cc2c(s1)CCCC2O. The van der Waals surface area contributed by atoms with E-state index in [2.05, 4.69) is 6.07 Å². The molecular weight excluding hydrogens is 184 g/mol. The molecule has 1 heterocycles. The van der Waals surface area contributed by atoms with Gasteiger partial charge in [0.2, 0.25) is 0 Å². The smallest absolute Gasteiger partial charge is 0.0801 e. The molecule has 1 unspecified atom stereocenters. The second kappa shape index (κ2) is 3.78. The summed E-state index contributed by atoms with van der Waals surface area (Å²) in [6.07, 6.45) is 3.55. The topological polar surface area (TPSA) is 40.5 Å². The van der Waals surface area contributed by atoms with Gasteiger partial charge < -0.3 is 10.2 Å². The molecular formula is C10H14O2S. The molecule has 72 valence electrons. The first-order valence-electron chi connectivity index (χ1n) is 4.71. The first-order chi connectivity index (χ1) is 6.31. The molecule has 1 atom stereocenters. The van der Waals surface area contributed by atoms with Crippen molar-refractivity contribution in [1.82, 2.24) is 0 Å². The van der Waals surface area contributed by atoms with Crippen molar-refractivity contribution >= 4 is 11.3 Å². The molecule has 0 fully saturated rings. The lowest BCUT2D eigenvalue weighted by Gasteiger charge is -2.16. The van der Waals surface area contributed by atoms with Gasteiger partial charge in [0.25, 0.3) is 0 Å². The Hall–Kier alpha value is -0.380. The van der Waals surface area contributed by atoms with Gasteiger partial charge in [0, 0.05) is 22.8 Å². The van der Waals surface area contributed by atoms with E-state index in [1.807, 2.05) is 0 Å². The minimum Gasteiger partial charge on any atom is -0.396 e. The molecule has 3 heteroatoms. The number of aryl methyl sites for hydroxylation is 1. The third-order valence-electron chi connectivity index (χ3n) is 2.49. The van der Waals surface area contributed by atoms with Crippen LogP contribution >= 0.6 is 11.3 Å². The third-order valence-corrected chi connectivity index (χ3v) is 3.76. The van der Waals surface area contributed by atoms with E-state index in [0.717, 1.165) is 31.2 Å². The maximum absolute atomic E-state index is 9.69. The van der Waals surface area contributed by atoms with Gasteiger partial charge in [0.15, 0.2) is 0 Å². The molecule has 0 radical (unpaired) electrons. The predicted octanol–water partition coefficient (Wildman–Crippen LogP) is 1.65. The van der Waals surface area contributed by atoms with Gasteiger partial charge in [-0.2, -0.15) is 0 Å². The maximum atomic E-state index is 9.69. The summed E-state index contributed by atoms with van der Waals surface area (Å²) in [6.45, 7) is 0.204. The zero-order valence-electron chi connectivity index (χ0n) is 7.49. The zero-order chi connectivity index (χ0) is 9.26. The van der Waals surface area contributed by atoms with E-state index in [-0.39, 0.29) is 12.7 Å². The zero-order valence-corrected chi connectivity index (χ0v) is 8.31. The summed E-state index contributed by atoms with van der Waals surface area (Å²) in [7, 11) is 0. The third kappa shape index (κ3) is 1.77. The van der Waals surface area contributed by atoms with E-state index in [1.165, 1.54) is 9.75 Å². The summed E-state index contributed by atoms with van der Waals surface area (Å²) in [5, 5.41) is 18.5. The number of aliphatic hydroxyl groups excluding tert-OH is 2. The lowest BCUT2D eigenvalue weighted by atomic mass is 9.96. The van der Waals surface area contributed by atoms with Crippen LogP contribution in [0.15, 0.2) is 6.07 Å². The first-order valence-corrected chi connectivity index (χ1v) is 5.53. The fourth-order valence-corrected chi connectivity index (χ4v) is 3.08. The molecule has 1 aliphatic rings. The van der Waals surface area contributed by atoms with Gasteiger partial charge in [-0.05, 0) is 30.9 Å². The Labute approximate surface area is 81.8 Å². The van der Waals surface area contributed by atoms with Crippen molar-refractivity contribution < 1.29 is 10.2 Å². The van der Waals surface area contributed by atoms with E-state index in [0.29, 0.717) is 0 Å². The largest absolute Gasteiger partial charge is 0.396 e. The van der Waals surface area contributed by atoms with Crippen LogP contribution in [-0.4, -0.2) is 16.8 Å². The summed E-state index contributed by atoms with van der Waals surface area (Å²) in [4.78, 5) is 2.52. The van der Waals surface area contributed by atoms with Crippen molar-refractivity contribution in [1.29, 1.82) is 0 Å². The van der Waals surface area contributed by atoms with Gasteiger partial charge in [0.05, 0.1) is 6.10 Å². The second-order valence-electron chi connectivity index (χ2n) is 3.47. The monoisotopic (exact) mass is 198 g/mol. The summed E-state index contributed by atoms with van der Waals surface area (Å²) < 4.78 is 0. The lowest BCUT2D eigenvalue weighted by molar-refractivity contribution is 0.157. The van der Waals surface area contributed by atoms with Gasteiger partial charge in [-0.1, -0.05) is 0 Å². The van der Waals surface area contributed by atoms with Crippen molar-refractivity contribution in [2.24, 2.45) is 0 Å². The number of aliphatic hydroxyl groups is 2. The molecule has 0 spiro atoms. The number of hydrogen-bond donors (Lipinski definition) is 2. The second-order valence-corrected chi connectivity index (χ2v) is 4.69. The Morgan fingerprint density at radius 3 is 3.08 bits per heavy atom. The average molecular weight is 198 g/mol. The standard InChI is InChI=1S/C10H14O2S/c11-5-4-7-6-8-9(12)2-1-3-10(8)13-7/h6,9,11-12H,1-5H2. The van der Waals surface area contributed by atoms with E-state index >= 15 is 0 Å². The number of fused-ring (bicyclic) bond motifs is 1. The molecule has 0 aromatic carbocycles. The Balaban J connectivity index is 2.25. The Morgan fingerprint density at radius 2 is 2.38 bits per heavy atom. The highest BCUT2D eigenvalue weighted by atomic mass is 32.1. The van der Waals surface area contributed by atoms with Crippen molar-refractivity contribution in [2.45, 2.75) is 31.8 Å². The number of rotatable bonds is 2. The first kappa shape index (κ1) is 9.19. The number of thiophene rings is 1. The van der Waals surface area contributed by atoms with Crippen molar-refractivity contribution in [3.63, 3.8) is 0 Å². The normalized spacial score (nSPS) is 21.5. The van der Waals surface area contributed by atoms with Gasteiger partial charge in [-0.3, -0.25) is 0 Å². The van der Waals surface area contributed by atoms with E-state index in [9.17, 15) is 5.11 Å². The Bertz CT molecular complexity index is 293.